The molecule has 0 radical (unpaired) electrons. The minimum atomic E-state index is -2.17. The van der Waals surface area contributed by atoms with Crippen LogP contribution >= 0.6 is 0 Å². The van der Waals surface area contributed by atoms with Crippen molar-refractivity contribution in [2.45, 2.75) is 183 Å². The maximum absolute atomic E-state index is 14.7. The van der Waals surface area contributed by atoms with Gasteiger partial charge in [-0.2, -0.15) is 0 Å². The number of ether oxygens (including phenoxy) is 7. The van der Waals surface area contributed by atoms with Crippen LogP contribution in [0, 0.1) is 28.6 Å². The number of allylic oxidation sites excluding steroid dienone is 2. The molecule has 14 heteroatoms. The zero-order valence-electron chi connectivity index (χ0n) is 40.6. The topological polar surface area (TPSA) is 180 Å². The first-order chi connectivity index (χ1) is 31.8. The Hall–Kier alpha value is -2.95. The van der Waals surface area contributed by atoms with Crippen LogP contribution < -0.4 is 0 Å². The number of piperidine rings is 1. The van der Waals surface area contributed by atoms with E-state index in [0.717, 1.165) is 38.5 Å². The highest BCUT2D eigenvalue weighted by Gasteiger charge is 2.96. The molecule has 1 saturated heterocycles. The Morgan fingerprint density at radius 3 is 2.03 bits per heavy atom. The van der Waals surface area contributed by atoms with Crippen LogP contribution in [0.15, 0.2) is 42.5 Å². The number of unbranched alkanes of at least 4 members (excludes halogenated alkanes) is 11. The van der Waals surface area contributed by atoms with E-state index >= 15 is 0 Å². The van der Waals surface area contributed by atoms with Crippen molar-refractivity contribution in [2.75, 3.05) is 48.1 Å². The molecule has 15 atom stereocenters. The van der Waals surface area contributed by atoms with E-state index < -0.39 is 112 Å². The minimum Gasteiger partial charge on any atom is -0.462 e. The van der Waals surface area contributed by atoms with Gasteiger partial charge in [0.15, 0.2) is 5.60 Å². The van der Waals surface area contributed by atoms with Crippen molar-refractivity contribution < 1.29 is 62.9 Å². The molecule has 66 heavy (non-hydrogen) atoms. The first-order valence-electron chi connectivity index (χ1n) is 25.0. The van der Waals surface area contributed by atoms with Crippen LogP contribution in [0.2, 0.25) is 0 Å². The van der Waals surface area contributed by atoms with Crippen molar-refractivity contribution in [3.63, 3.8) is 0 Å². The van der Waals surface area contributed by atoms with Gasteiger partial charge in [0.05, 0.1) is 35.9 Å². The van der Waals surface area contributed by atoms with E-state index in [1.54, 1.807) is 51.7 Å². The summed E-state index contributed by atoms with van der Waals surface area (Å²) in [5.41, 5.74) is -8.41. The highest BCUT2D eigenvalue weighted by molar-refractivity contribution is 5.89. The largest absolute Gasteiger partial charge is 0.462 e. The summed E-state index contributed by atoms with van der Waals surface area (Å²) in [5.74, 6) is -4.80. The molecule has 7 bridgehead atoms. The standard InChI is InChI=1S/C52H79NO13/c1-8-10-11-12-13-14-15-16-17-18-19-20-21-22-26-29-38(55)66-52-39-40(62-6)41-48(33-60-4)32-53(9-2)43(39)51(41,37(61-5)30-36(48)64-34(3)54)50(59)31-49(58,46(63-7)44(52)56)45(42(50)52)65-47(57)35-27-24-23-25-28-35/h16-17,23-25,27-28,36-37,39-46,56,58-59H,8-15,18-22,26,29-33H2,1-7H3/b17-16-/t36-,37+,39+,40+,41-,42+,43?,44+,45-,46+,48+,49-,50+,51-,52+/m1/s1. The van der Waals surface area contributed by atoms with E-state index in [-0.39, 0.29) is 25.0 Å². The lowest BCUT2D eigenvalue weighted by Crippen LogP contribution is -2.86. The molecule has 5 aliphatic carbocycles. The van der Waals surface area contributed by atoms with E-state index in [9.17, 15) is 29.7 Å². The third-order valence-corrected chi connectivity index (χ3v) is 17.1. The van der Waals surface area contributed by atoms with Crippen molar-refractivity contribution in [1.82, 2.24) is 4.90 Å². The van der Waals surface area contributed by atoms with Crippen molar-refractivity contribution in [3.8, 4) is 0 Å². The number of hydrogen-bond donors (Lipinski definition) is 3. The Balaban J connectivity index is 1.24. The van der Waals surface area contributed by atoms with Crippen LogP contribution in [0.4, 0.5) is 0 Å². The predicted molar refractivity (Wildman–Crippen MR) is 245 cm³/mol. The predicted octanol–water partition coefficient (Wildman–Crippen LogP) is 6.35. The fourth-order valence-electron chi connectivity index (χ4n) is 15.0. The van der Waals surface area contributed by atoms with Gasteiger partial charge in [0.2, 0.25) is 0 Å². The summed E-state index contributed by atoms with van der Waals surface area (Å²) < 4.78 is 44.9. The summed E-state index contributed by atoms with van der Waals surface area (Å²) in [6.07, 6.45) is 11.6. The van der Waals surface area contributed by atoms with Crippen molar-refractivity contribution in [2.24, 2.45) is 28.6 Å². The molecule has 1 aromatic carbocycles. The molecule has 370 valence electrons. The number of benzene rings is 1. The summed E-state index contributed by atoms with van der Waals surface area (Å²) in [6, 6.07) is 7.70. The Kier molecular flexibility index (Phi) is 16.2. The summed E-state index contributed by atoms with van der Waals surface area (Å²) >= 11 is 0. The summed E-state index contributed by atoms with van der Waals surface area (Å²) in [4.78, 5) is 44.1. The van der Waals surface area contributed by atoms with Gasteiger partial charge in [-0.05, 0) is 50.8 Å². The van der Waals surface area contributed by atoms with E-state index in [1.165, 1.54) is 52.6 Å². The number of aliphatic hydroxyl groups excluding tert-OH is 1. The smallest absolute Gasteiger partial charge is 0.338 e. The highest BCUT2D eigenvalue weighted by Crippen LogP contribution is 2.82. The van der Waals surface area contributed by atoms with Crippen LogP contribution in [-0.4, -0.2) is 146 Å². The van der Waals surface area contributed by atoms with Gasteiger partial charge in [-0.25, -0.2) is 4.79 Å². The molecule has 3 N–H and O–H groups in total. The molecule has 6 fully saturated rings. The van der Waals surface area contributed by atoms with E-state index in [4.69, 9.17) is 33.2 Å². The van der Waals surface area contributed by atoms with Gasteiger partial charge in [-0.1, -0.05) is 95.6 Å². The van der Waals surface area contributed by atoms with Gasteiger partial charge in [-0.3, -0.25) is 14.5 Å². The Labute approximate surface area is 392 Å². The minimum absolute atomic E-state index is 0.0398. The number of carbonyl (C=O) groups excluding carboxylic acids is 3. The van der Waals surface area contributed by atoms with Gasteiger partial charge < -0.3 is 48.5 Å². The van der Waals surface area contributed by atoms with Crippen LogP contribution in [0.3, 0.4) is 0 Å². The SMILES string of the molecule is CCCCCCCC/C=C\CCCCCCCC(=O)O[C@@]12[C@@H]3C4N(CC)C[C@@]5(COC)[C@@H]([C@H]3OC)[C@@]4([C@@H](OC)C[C@H]5OC(C)=O)[C@]3(O)C[C@@](O)([C@H](OC(=O)c4ccccc4)[C@H]13)[C@@H](OC)[C@@H]2O. The van der Waals surface area contributed by atoms with Gasteiger partial charge >= 0.3 is 17.9 Å². The maximum Gasteiger partial charge on any atom is 0.338 e. The molecule has 1 aliphatic heterocycles. The fraction of sp³-hybridized carbons (Fsp3) is 0.788. The monoisotopic (exact) mass is 926 g/mol. The lowest BCUT2D eigenvalue weighted by atomic mass is 9.40. The van der Waals surface area contributed by atoms with E-state index in [0.29, 0.717) is 19.5 Å². The number of esters is 3. The third kappa shape index (κ3) is 8.08. The summed E-state index contributed by atoms with van der Waals surface area (Å²) in [5, 5.41) is 40.7. The molecule has 1 heterocycles. The first kappa shape index (κ1) is 50.9. The average molecular weight is 926 g/mol. The number of aliphatic hydroxyl groups is 3. The number of nitrogens with zero attached hydrogens (tertiary/aromatic N) is 1. The van der Waals surface area contributed by atoms with Crippen LogP contribution in [0.5, 0.6) is 0 Å². The number of methoxy groups -OCH3 is 4. The second-order valence-corrected chi connectivity index (χ2v) is 20.4. The van der Waals surface area contributed by atoms with Crippen molar-refractivity contribution >= 4 is 17.9 Å². The third-order valence-electron chi connectivity index (χ3n) is 17.1. The zero-order chi connectivity index (χ0) is 47.5. The van der Waals surface area contributed by atoms with Gasteiger partial charge in [0.1, 0.15) is 30.0 Å². The Morgan fingerprint density at radius 2 is 1.44 bits per heavy atom. The van der Waals surface area contributed by atoms with E-state index in [1.807, 2.05) is 6.92 Å². The van der Waals surface area contributed by atoms with Crippen LogP contribution in [-0.2, 0) is 42.7 Å². The number of rotatable bonds is 25. The zero-order valence-corrected chi connectivity index (χ0v) is 40.6. The fourth-order valence-corrected chi connectivity index (χ4v) is 15.0. The molecule has 7 rings (SSSR count). The lowest BCUT2D eigenvalue weighted by Gasteiger charge is -2.72. The van der Waals surface area contributed by atoms with Crippen LogP contribution in [0.1, 0.15) is 134 Å². The van der Waals surface area contributed by atoms with Crippen molar-refractivity contribution in [1.29, 1.82) is 0 Å². The van der Waals surface area contributed by atoms with Crippen molar-refractivity contribution in [3.05, 3.63) is 48.0 Å². The maximum atomic E-state index is 14.7. The molecular weight excluding hydrogens is 847 g/mol. The Bertz CT molecular complexity index is 1850. The normalized spacial score (nSPS) is 39.5. The van der Waals surface area contributed by atoms with Gasteiger partial charge in [-0.15, -0.1) is 0 Å². The van der Waals surface area contributed by atoms with E-state index in [2.05, 4.69) is 24.0 Å². The van der Waals surface area contributed by atoms with Crippen LogP contribution in [0.25, 0.3) is 0 Å². The summed E-state index contributed by atoms with van der Waals surface area (Å²) in [6.45, 7) is 6.51. The molecule has 1 unspecified atom stereocenters. The number of fused-ring (bicyclic) bond motifs is 2. The first-order valence-corrected chi connectivity index (χ1v) is 25.0. The molecule has 14 nitrogen and oxygen atoms in total. The van der Waals surface area contributed by atoms with Gasteiger partial charge in [0, 0.05) is 89.9 Å². The quantitative estimate of drug-likeness (QED) is 0.0428. The molecular formula is C52H79NO13. The molecule has 0 amide bonds. The second kappa shape index (κ2) is 21.0. The Morgan fingerprint density at radius 1 is 0.788 bits per heavy atom. The molecule has 6 aliphatic rings. The number of hydrogen-bond acceptors (Lipinski definition) is 14. The molecule has 0 aromatic heterocycles. The highest BCUT2D eigenvalue weighted by atomic mass is 16.6. The average Bonchev–Trinajstić information content (AvgIpc) is 3.65. The second-order valence-electron chi connectivity index (χ2n) is 20.4. The summed E-state index contributed by atoms with van der Waals surface area (Å²) in [7, 11) is 6.06. The number of carbonyl (C=O) groups is 3. The molecule has 1 aromatic rings. The van der Waals surface area contributed by atoms with Gasteiger partial charge in [0.25, 0.3) is 0 Å². The lowest BCUT2D eigenvalue weighted by molar-refractivity contribution is -0.355. The molecule has 5 saturated carbocycles. The number of likely N-dealkylation sites (tertiary alicyclic amines) is 1. The molecule has 1 spiro atoms.